The summed E-state index contributed by atoms with van der Waals surface area (Å²) in [5.41, 5.74) is 0.963. The highest BCUT2D eigenvalue weighted by Crippen LogP contribution is 2.19. The van der Waals surface area contributed by atoms with Gasteiger partial charge in [0.05, 0.1) is 5.41 Å². The molecule has 0 spiro atoms. The molecule has 0 unspecified atom stereocenters. The van der Waals surface area contributed by atoms with Gasteiger partial charge in [0.1, 0.15) is 0 Å². The third-order valence-electron chi connectivity index (χ3n) is 3.45. The number of carbonyl (C=O) groups excluding carboxylic acids is 1. The summed E-state index contributed by atoms with van der Waals surface area (Å²) in [5.74, 6) is -0.585. The van der Waals surface area contributed by atoms with Gasteiger partial charge < -0.3 is 10.4 Å². The number of hydrogen-bond donors (Lipinski definition) is 2. The number of rotatable bonds is 6. The van der Waals surface area contributed by atoms with Crippen LogP contribution in [0.3, 0.4) is 0 Å². The topological polar surface area (TPSA) is 66.4 Å². The summed E-state index contributed by atoms with van der Waals surface area (Å²) in [6.07, 6.45) is 0.401. The van der Waals surface area contributed by atoms with Crippen molar-refractivity contribution < 1.29 is 14.7 Å². The number of hydrogen-bond acceptors (Lipinski definition) is 2. The van der Waals surface area contributed by atoms with Crippen LogP contribution in [0.15, 0.2) is 24.3 Å². The highest BCUT2D eigenvalue weighted by molar-refractivity contribution is 5.94. The van der Waals surface area contributed by atoms with Gasteiger partial charge in [-0.2, -0.15) is 0 Å². The van der Waals surface area contributed by atoms with E-state index < -0.39 is 11.4 Å². The van der Waals surface area contributed by atoms with Crippen LogP contribution >= 0.6 is 0 Å². The fraction of sp³-hybridized carbons (Fsp3) is 0.500. The summed E-state index contributed by atoms with van der Waals surface area (Å²) >= 11 is 0. The Morgan fingerprint density at radius 3 is 2.20 bits per heavy atom. The van der Waals surface area contributed by atoms with Crippen molar-refractivity contribution in [3.63, 3.8) is 0 Å². The van der Waals surface area contributed by atoms with Gasteiger partial charge in [0, 0.05) is 12.1 Å². The summed E-state index contributed by atoms with van der Waals surface area (Å²) in [6.45, 7) is 7.86. The van der Waals surface area contributed by atoms with Gasteiger partial charge >= 0.3 is 5.97 Å². The van der Waals surface area contributed by atoms with Crippen LogP contribution in [0.25, 0.3) is 0 Å². The molecule has 4 heteroatoms. The van der Waals surface area contributed by atoms with Crippen LogP contribution in [0.2, 0.25) is 0 Å². The van der Waals surface area contributed by atoms with E-state index in [1.807, 2.05) is 12.1 Å². The summed E-state index contributed by atoms with van der Waals surface area (Å²) in [7, 11) is 0. The first kappa shape index (κ1) is 16.2. The van der Waals surface area contributed by atoms with E-state index in [0.717, 1.165) is 0 Å². The van der Waals surface area contributed by atoms with Crippen LogP contribution in [0.5, 0.6) is 0 Å². The Kier molecular flexibility index (Phi) is 5.31. The molecule has 1 rings (SSSR count). The van der Waals surface area contributed by atoms with E-state index in [-0.39, 0.29) is 5.91 Å². The third kappa shape index (κ3) is 4.37. The highest BCUT2D eigenvalue weighted by Gasteiger charge is 2.26. The molecule has 0 atom stereocenters. The average Bonchev–Trinajstić information content (AvgIpc) is 2.38. The minimum absolute atomic E-state index is 0.165. The number of amides is 1. The van der Waals surface area contributed by atoms with Crippen LogP contribution in [0.1, 0.15) is 56.0 Å². The van der Waals surface area contributed by atoms with Gasteiger partial charge in [0.25, 0.3) is 5.91 Å². The molecule has 20 heavy (non-hydrogen) atoms. The summed E-state index contributed by atoms with van der Waals surface area (Å²) in [4.78, 5) is 22.9. The minimum atomic E-state index is -0.854. The molecule has 0 aliphatic heterocycles. The molecule has 0 saturated carbocycles. The SMILES string of the molecule is CC(C)c1ccc(C(=O)NCCC(C)(C)C(=O)O)cc1. The molecule has 1 amide bonds. The normalized spacial score (nSPS) is 11.4. The number of carboxylic acids is 1. The van der Waals surface area contributed by atoms with Gasteiger partial charge in [-0.15, -0.1) is 0 Å². The first-order chi connectivity index (χ1) is 9.24. The maximum Gasteiger partial charge on any atom is 0.309 e. The minimum Gasteiger partial charge on any atom is -0.481 e. The first-order valence-electron chi connectivity index (χ1n) is 6.85. The molecule has 0 saturated heterocycles. The fourth-order valence-electron chi connectivity index (χ4n) is 1.72. The Morgan fingerprint density at radius 1 is 1.20 bits per heavy atom. The van der Waals surface area contributed by atoms with Gasteiger partial charge in [-0.05, 0) is 43.9 Å². The van der Waals surface area contributed by atoms with Crippen LogP contribution in [0.4, 0.5) is 0 Å². The molecule has 4 nitrogen and oxygen atoms in total. The lowest BCUT2D eigenvalue weighted by atomic mass is 9.89. The monoisotopic (exact) mass is 277 g/mol. The van der Waals surface area contributed by atoms with E-state index in [2.05, 4.69) is 19.2 Å². The smallest absolute Gasteiger partial charge is 0.309 e. The van der Waals surface area contributed by atoms with Crippen molar-refractivity contribution >= 4 is 11.9 Å². The van der Waals surface area contributed by atoms with Crippen molar-refractivity contribution in [3.8, 4) is 0 Å². The van der Waals surface area contributed by atoms with Gasteiger partial charge in [-0.1, -0.05) is 26.0 Å². The lowest BCUT2D eigenvalue weighted by Crippen LogP contribution is -2.31. The maximum atomic E-state index is 11.9. The highest BCUT2D eigenvalue weighted by atomic mass is 16.4. The number of aliphatic carboxylic acids is 1. The van der Waals surface area contributed by atoms with E-state index in [4.69, 9.17) is 5.11 Å². The van der Waals surface area contributed by atoms with Crippen molar-refractivity contribution in [2.75, 3.05) is 6.54 Å². The molecule has 0 radical (unpaired) electrons. The molecular formula is C16H23NO3. The third-order valence-corrected chi connectivity index (χ3v) is 3.45. The molecular weight excluding hydrogens is 254 g/mol. The molecule has 0 bridgehead atoms. The molecule has 0 aliphatic rings. The zero-order valence-corrected chi connectivity index (χ0v) is 12.6. The molecule has 0 aliphatic carbocycles. The zero-order chi connectivity index (χ0) is 15.3. The Balaban J connectivity index is 2.53. The summed E-state index contributed by atoms with van der Waals surface area (Å²) in [6, 6.07) is 7.49. The summed E-state index contributed by atoms with van der Waals surface area (Å²) in [5, 5.41) is 11.7. The van der Waals surface area contributed by atoms with Crippen LogP contribution in [-0.4, -0.2) is 23.5 Å². The Hall–Kier alpha value is -1.84. The molecule has 2 N–H and O–H groups in total. The predicted octanol–water partition coefficient (Wildman–Crippen LogP) is 3.04. The van der Waals surface area contributed by atoms with E-state index in [1.54, 1.807) is 26.0 Å². The lowest BCUT2D eigenvalue weighted by molar-refractivity contribution is -0.147. The van der Waals surface area contributed by atoms with Crippen molar-refractivity contribution in [3.05, 3.63) is 35.4 Å². The Bertz CT molecular complexity index is 475. The second-order valence-electron chi connectivity index (χ2n) is 5.97. The zero-order valence-electron chi connectivity index (χ0n) is 12.6. The molecule has 1 aromatic rings. The van der Waals surface area contributed by atoms with E-state index in [9.17, 15) is 9.59 Å². The predicted molar refractivity (Wildman–Crippen MR) is 78.9 cm³/mol. The molecule has 0 heterocycles. The molecule has 1 aromatic carbocycles. The van der Waals surface area contributed by atoms with Gasteiger partial charge in [0.2, 0.25) is 0 Å². The summed E-state index contributed by atoms with van der Waals surface area (Å²) < 4.78 is 0. The van der Waals surface area contributed by atoms with Gasteiger partial charge in [-0.25, -0.2) is 0 Å². The van der Waals surface area contributed by atoms with Crippen molar-refractivity contribution in [1.29, 1.82) is 0 Å². The van der Waals surface area contributed by atoms with Crippen molar-refractivity contribution in [2.24, 2.45) is 5.41 Å². The van der Waals surface area contributed by atoms with Crippen LogP contribution in [-0.2, 0) is 4.79 Å². The number of carboxylic acid groups (broad SMARTS) is 1. The lowest BCUT2D eigenvalue weighted by Gasteiger charge is -2.18. The average molecular weight is 277 g/mol. The van der Waals surface area contributed by atoms with Crippen LogP contribution < -0.4 is 5.32 Å². The Labute approximate surface area is 120 Å². The van der Waals surface area contributed by atoms with E-state index in [0.29, 0.717) is 24.4 Å². The molecule has 110 valence electrons. The quantitative estimate of drug-likeness (QED) is 0.840. The van der Waals surface area contributed by atoms with Gasteiger partial charge in [-0.3, -0.25) is 9.59 Å². The van der Waals surface area contributed by atoms with Gasteiger partial charge in [0.15, 0.2) is 0 Å². The Morgan fingerprint density at radius 2 is 1.75 bits per heavy atom. The number of benzene rings is 1. The van der Waals surface area contributed by atoms with E-state index >= 15 is 0 Å². The largest absolute Gasteiger partial charge is 0.481 e. The number of nitrogens with one attached hydrogen (secondary N) is 1. The molecule has 0 aromatic heterocycles. The van der Waals surface area contributed by atoms with Crippen LogP contribution in [0, 0.1) is 5.41 Å². The van der Waals surface area contributed by atoms with E-state index in [1.165, 1.54) is 5.56 Å². The maximum absolute atomic E-state index is 11.9. The first-order valence-corrected chi connectivity index (χ1v) is 6.85. The van der Waals surface area contributed by atoms with Crippen molar-refractivity contribution in [1.82, 2.24) is 5.32 Å². The van der Waals surface area contributed by atoms with Crippen molar-refractivity contribution in [2.45, 2.75) is 40.0 Å². The standard InChI is InChI=1S/C16H23NO3/c1-11(2)12-5-7-13(8-6-12)14(18)17-10-9-16(3,4)15(19)20/h5-8,11H,9-10H2,1-4H3,(H,17,18)(H,19,20). The fourth-order valence-corrected chi connectivity index (χ4v) is 1.72. The molecule has 0 fully saturated rings. The number of carbonyl (C=O) groups is 2. The second kappa shape index (κ2) is 6.55. The second-order valence-corrected chi connectivity index (χ2v) is 5.97.